The first kappa shape index (κ1) is 25.6. The summed E-state index contributed by atoms with van der Waals surface area (Å²) in [5.74, 6) is 0. The lowest BCUT2D eigenvalue weighted by molar-refractivity contribution is -0.246. The number of alkyl halides is 1. The van der Waals surface area contributed by atoms with Crippen LogP contribution in [-0.4, -0.2) is 47.3 Å². The second-order valence-corrected chi connectivity index (χ2v) is 9.43. The third-order valence-electron chi connectivity index (χ3n) is 5.15. The summed E-state index contributed by atoms with van der Waals surface area (Å²) in [5, 5.41) is 0. The van der Waals surface area contributed by atoms with Crippen LogP contribution in [-0.2, 0) is 36.9 Å². The fourth-order valence-corrected chi connectivity index (χ4v) is 4.46. The molecule has 6 heteroatoms. The van der Waals surface area contributed by atoms with E-state index >= 15 is 0 Å². The third-order valence-corrected chi connectivity index (χ3v) is 6.02. The summed E-state index contributed by atoms with van der Waals surface area (Å²) in [6.07, 6.45) is -1.58. The smallest absolute Gasteiger partial charge is 0.186 e. The molecule has 1 aliphatic rings. The molecule has 0 aromatic heterocycles. The van der Waals surface area contributed by atoms with Gasteiger partial charge in [-0.3, -0.25) is 0 Å². The molecule has 0 amide bonds. The molecule has 176 valence electrons. The van der Waals surface area contributed by atoms with E-state index in [2.05, 4.69) is 46.9 Å². The summed E-state index contributed by atoms with van der Waals surface area (Å²) < 4.78 is 32.4. The van der Waals surface area contributed by atoms with Gasteiger partial charge in [0.2, 0.25) is 0 Å². The second kappa shape index (κ2) is 13.0. The van der Waals surface area contributed by atoms with Gasteiger partial charge in [0.25, 0.3) is 0 Å². The van der Waals surface area contributed by atoms with Gasteiger partial charge in [0.1, 0.15) is 18.3 Å². The van der Waals surface area contributed by atoms with Crippen LogP contribution in [0.15, 0.2) is 60.7 Å². The molecule has 0 N–H and O–H groups in total. The molecule has 0 unspecified atom stereocenters. The lowest BCUT2D eigenvalue weighted by atomic mass is 10.1. The van der Waals surface area contributed by atoms with Crippen LogP contribution in [0.2, 0.25) is 0 Å². The summed E-state index contributed by atoms with van der Waals surface area (Å²) >= 11 is 2.35. The summed E-state index contributed by atoms with van der Waals surface area (Å²) in [4.78, 5) is 0. The average molecular weight is 554 g/mol. The van der Waals surface area contributed by atoms with Crippen molar-refractivity contribution in [2.75, 3.05) is 4.43 Å². The molecule has 4 atom stereocenters. The van der Waals surface area contributed by atoms with Gasteiger partial charge in [-0.2, -0.15) is 0 Å². The first-order chi connectivity index (χ1) is 15.5. The van der Waals surface area contributed by atoms with E-state index in [9.17, 15) is 0 Å². The minimum Gasteiger partial charge on any atom is -0.368 e. The van der Waals surface area contributed by atoms with Gasteiger partial charge in [0.15, 0.2) is 6.29 Å². The number of benzene rings is 2. The van der Waals surface area contributed by atoms with Crippen molar-refractivity contribution in [1.82, 2.24) is 0 Å². The van der Waals surface area contributed by atoms with Crippen molar-refractivity contribution in [3.8, 4) is 0 Å². The van der Waals surface area contributed by atoms with Crippen LogP contribution in [0.1, 0.15) is 38.8 Å². The van der Waals surface area contributed by atoms with Gasteiger partial charge in [-0.05, 0) is 38.8 Å². The number of halogens is 1. The van der Waals surface area contributed by atoms with Crippen LogP contribution in [0.3, 0.4) is 0 Å². The third kappa shape index (κ3) is 7.50. The number of rotatable bonds is 12. The predicted molar refractivity (Wildman–Crippen MR) is 134 cm³/mol. The molecule has 32 heavy (non-hydrogen) atoms. The minimum atomic E-state index is -0.536. The van der Waals surface area contributed by atoms with Crippen molar-refractivity contribution in [3.05, 3.63) is 71.8 Å². The Morgan fingerprint density at radius 2 is 1.22 bits per heavy atom. The monoisotopic (exact) mass is 554 g/mol. The Morgan fingerprint density at radius 3 is 1.66 bits per heavy atom. The molecule has 0 saturated carbocycles. The highest BCUT2D eigenvalue weighted by atomic mass is 127. The standard InChI is InChI=1S/C26H35IO5/c1-18(2)30-26(31-19(3)4)25-24(29-17-21-13-9-6-10-14-21)23(22(15-27)32-25)28-16-20-11-7-5-8-12-20/h5-14,18-19,22-26H,15-17H2,1-4H3/t22-,23-,24+,25+/m1/s1. The molecule has 0 radical (unpaired) electrons. The van der Waals surface area contributed by atoms with E-state index in [0.717, 1.165) is 15.6 Å². The maximum absolute atomic E-state index is 6.47. The number of ether oxygens (including phenoxy) is 5. The topological polar surface area (TPSA) is 46.2 Å². The molecule has 5 nitrogen and oxygen atoms in total. The van der Waals surface area contributed by atoms with Crippen molar-refractivity contribution in [3.63, 3.8) is 0 Å². The Hall–Kier alpha value is -1.03. The van der Waals surface area contributed by atoms with E-state index in [4.69, 9.17) is 23.7 Å². The summed E-state index contributed by atoms with van der Waals surface area (Å²) in [5.41, 5.74) is 2.23. The van der Waals surface area contributed by atoms with E-state index in [1.165, 1.54) is 0 Å². The molecule has 2 aromatic carbocycles. The van der Waals surface area contributed by atoms with E-state index < -0.39 is 6.29 Å². The summed E-state index contributed by atoms with van der Waals surface area (Å²) in [7, 11) is 0. The van der Waals surface area contributed by atoms with Crippen LogP contribution in [0.4, 0.5) is 0 Å². The molecular weight excluding hydrogens is 519 g/mol. The molecule has 0 spiro atoms. The fraction of sp³-hybridized carbons (Fsp3) is 0.538. The molecule has 1 aliphatic heterocycles. The van der Waals surface area contributed by atoms with Crippen LogP contribution < -0.4 is 0 Å². The van der Waals surface area contributed by atoms with Crippen LogP contribution >= 0.6 is 22.6 Å². The van der Waals surface area contributed by atoms with Gasteiger partial charge < -0.3 is 23.7 Å². The highest BCUT2D eigenvalue weighted by molar-refractivity contribution is 14.1. The first-order valence-corrected chi connectivity index (χ1v) is 12.8. The molecular formula is C26H35IO5. The van der Waals surface area contributed by atoms with Crippen molar-refractivity contribution in [1.29, 1.82) is 0 Å². The van der Waals surface area contributed by atoms with E-state index in [1.54, 1.807) is 0 Å². The van der Waals surface area contributed by atoms with E-state index in [1.807, 2.05) is 64.1 Å². The highest BCUT2D eigenvalue weighted by Crippen LogP contribution is 2.33. The molecule has 0 bridgehead atoms. The van der Waals surface area contributed by atoms with E-state index in [0.29, 0.717) is 13.2 Å². The zero-order chi connectivity index (χ0) is 22.9. The van der Waals surface area contributed by atoms with Crippen molar-refractivity contribution in [2.45, 2.75) is 83.8 Å². The maximum Gasteiger partial charge on any atom is 0.186 e. The van der Waals surface area contributed by atoms with Gasteiger partial charge in [-0.15, -0.1) is 0 Å². The molecule has 2 aromatic rings. The summed E-state index contributed by atoms with van der Waals surface area (Å²) in [6, 6.07) is 20.4. The van der Waals surface area contributed by atoms with Crippen molar-refractivity contribution < 1.29 is 23.7 Å². The SMILES string of the molecule is CC(C)OC(OC(C)C)[C@H]1O[C@H](CI)[C@@H](OCc2ccccc2)[C@@H]1OCc1ccccc1. The van der Waals surface area contributed by atoms with Crippen molar-refractivity contribution in [2.24, 2.45) is 0 Å². The lowest BCUT2D eigenvalue weighted by Gasteiger charge is -2.31. The first-order valence-electron chi connectivity index (χ1n) is 11.3. The number of hydrogen-bond donors (Lipinski definition) is 0. The quantitative estimate of drug-likeness (QED) is 0.196. The molecule has 1 saturated heterocycles. The second-order valence-electron chi connectivity index (χ2n) is 8.55. The van der Waals surface area contributed by atoms with Gasteiger partial charge in [-0.1, -0.05) is 83.3 Å². The Morgan fingerprint density at radius 1 is 0.750 bits per heavy atom. The minimum absolute atomic E-state index is 0.000498. The van der Waals surface area contributed by atoms with Gasteiger partial charge in [0.05, 0.1) is 31.5 Å². The van der Waals surface area contributed by atoms with Crippen LogP contribution in [0.5, 0.6) is 0 Å². The Balaban J connectivity index is 1.81. The zero-order valence-electron chi connectivity index (χ0n) is 19.4. The normalized spacial score (nSPS) is 23.5. The Labute approximate surface area is 205 Å². The lowest BCUT2D eigenvalue weighted by Crippen LogP contribution is -2.45. The largest absolute Gasteiger partial charge is 0.368 e. The summed E-state index contributed by atoms with van der Waals surface area (Å²) in [6.45, 7) is 8.99. The molecule has 1 heterocycles. The molecule has 0 aliphatic carbocycles. The fourth-order valence-electron chi connectivity index (χ4n) is 3.75. The Bertz CT molecular complexity index is 760. The zero-order valence-corrected chi connectivity index (χ0v) is 21.5. The highest BCUT2D eigenvalue weighted by Gasteiger charge is 2.50. The predicted octanol–water partition coefficient (Wildman–Crippen LogP) is 5.54. The average Bonchev–Trinajstić information content (AvgIpc) is 3.14. The van der Waals surface area contributed by atoms with Gasteiger partial charge in [-0.25, -0.2) is 0 Å². The Kier molecular flexibility index (Phi) is 10.4. The molecule has 3 rings (SSSR count). The molecule has 1 fully saturated rings. The maximum atomic E-state index is 6.47. The van der Waals surface area contributed by atoms with Crippen LogP contribution in [0, 0.1) is 0 Å². The van der Waals surface area contributed by atoms with Gasteiger partial charge in [0, 0.05) is 4.43 Å². The van der Waals surface area contributed by atoms with Crippen molar-refractivity contribution >= 4 is 22.6 Å². The van der Waals surface area contributed by atoms with E-state index in [-0.39, 0.29) is 36.6 Å². The van der Waals surface area contributed by atoms with Crippen LogP contribution in [0.25, 0.3) is 0 Å². The number of hydrogen-bond acceptors (Lipinski definition) is 5. The van der Waals surface area contributed by atoms with Gasteiger partial charge >= 0.3 is 0 Å².